The molecule has 0 spiro atoms. The molecule has 2 fully saturated rings. The second kappa shape index (κ2) is 4.87. The Bertz CT molecular complexity index is 611. The van der Waals surface area contributed by atoms with E-state index in [2.05, 4.69) is 10.3 Å². The van der Waals surface area contributed by atoms with Crippen molar-refractivity contribution in [3.8, 4) is 0 Å². The Labute approximate surface area is 121 Å². The SMILES string of the molecule is CCC1CN2C(=O)NC(=O)CC2C(=O)N1n1ccnc1C. The molecule has 2 aliphatic heterocycles. The molecule has 0 bridgehead atoms. The van der Waals surface area contributed by atoms with E-state index in [0.29, 0.717) is 18.8 Å². The number of nitrogens with one attached hydrogen (secondary N) is 1. The number of carbonyl (C=O) groups excluding carboxylic acids is 3. The molecule has 0 radical (unpaired) electrons. The molecule has 0 aromatic carbocycles. The molecule has 0 aliphatic carbocycles. The number of fused-ring (bicyclic) bond motifs is 1. The maximum absolute atomic E-state index is 12.8. The second-order valence-electron chi connectivity index (χ2n) is 5.29. The number of nitrogens with zero attached hydrogens (tertiary/aromatic N) is 4. The Kier molecular flexibility index (Phi) is 3.15. The minimum Gasteiger partial charge on any atom is -0.310 e. The molecule has 2 atom stereocenters. The lowest BCUT2D eigenvalue weighted by atomic mass is 10.0. The van der Waals surface area contributed by atoms with Crippen molar-refractivity contribution in [1.82, 2.24) is 19.9 Å². The van der Waals surface area contributed by atoms with E-state index in [4.69, 9.17) is 0 Å². The van der Waals surface area contributed by atoms with E-state index in [1.165, 1.54) is 4.90 Å². The van der Waals surface area contributed by atoms with Gasteiger partial charge in [-0.05, 0) is 13.3 Å². The van der Waals surface area contributed by atoms with E-state index in [0.717, 1.165) is 0 Å². The predicted octanol–water partition coefficient (Wildman–Crippen LogP) is -0.241. The quantitative estimate of drug-likeness (QED) is 0.814. The van der Waals surface area contributed by atoms with Crippen LogP contribution < -0.4 is 10.3 Å². The van der Waals surface area contributed by atoms with Gasteiger partial charge in [0.25, 0.3) is 5.91 Å². The summed E-state index contributed by atoms with van der Waals surface area (Å²) >= 11 is 0. The average Bonchev–Trinajstić information content (AvgIpc) is 2.85. The molecule has 1 aromatic rings. The standard InChI is InChI=1S/C13H17N5O3/c1-3-9-7-16-10(6-11(19)15-13(16)21)12(20)18(9)17-5-4-14-8(17)2/h4-5,9-10H,3,6-7H2,1-2H3,(H,15,19,21). The van der Waals surface area contributed by atoms with Gasteiger partial charge >= 0.3 is 6.03 Å². The first-order chi connectivity index (χ1) is 10.0. The van der Waals surface area contributed by atoms with Crippen molar-refractivity contribution in [2.45, 2.75) is 38.8 Å². The predicted molar refractivity (Wildman–Crippen MR) is 72.9 cm³/mol. The van der Waals surface area contributed by atoms with E-state index < -0.39 is 18.0 Å². The van der Waals surface area contributed by atoms with Gasteiger partial charge < -0.3 is 4.90 Å². The number of piperazine rings is 1. The first-order valence-corrected chi connectivity index (χ1v) is 6.96. The molecule has 1 N–H and O–H groups in total. The van der Waals surface area contributed by atoms with Crippen LogP contribution in [0.5, 0.6) is 0 Å². The number of imidazole rings is 1. The van der Waals surface area contributed by atoms with E-state index in [9.17, 15) is 14.4 Å². The lowest BCUT2D eigenvalue weighted by molar-refractivity contribution is -0.134. The number of hydrogen-bond donors (Lipinski definition) is 1. The third-order valence-electron chi connectivity index (χ3n) is 4.03. The summed E-state index contributed by atoms with van der Waals surface area (Å²) < 4.78 is 1.70. The molecule has 2 unspecified atom stereocenters. The fraction of sp³-hybridized carbons (Fsp3) is 0.538. The van der Waals surface area contributed by atoms with Crippen molar-refractivity contribution in [1.29, 1.82) is 0 Å². The molecule has 3 rings (SSSR count). The third-order valence-corrected chi connectivity index (χ3v) is 4.03. The van der Waals surface area contributed by atoms with Crippen LogP contribution in [0.25, 0.3) is 0 Å². The summed E-state index contributed by atoms with van der Waals surface area (Å²) in [5.41, 5.74) is 0. The molecule has 8 heteroatoms. The van der Waals surface area contributed by atoms with Gasteiger partial charge in [-0.2, -0.15) is 0 Å². The molecule has 2 saturated heterocycles. The first-order valence-electron chi connectivity index (χ1n) is 6.96. The van der Waals surface area contributed by atoms with Gasteiger partial charge in [0, 0.05) is 18.9 Å². The topological polar surface area (TPSA) is 87.5 Å². The van der Waals surface area contributed by atoms with Crippen LogP contribution in [0, 0.1) is 6.92 Å². The van der Waals surface area contributed by atoms with Crippen molar-refractivity contribution < 1.29 is 14.4 Å². The highest BCUT2D eigenvalue weighted by Gasteiger charge is 2.46. The summed E-state index contributed by atoms with van der Waals surface area (Å²) in [6.07, 6.45) is 4.05. The van der Waals surface area contributed by atoms with Gasteiger partial charge in [0.05, 0.1) is 12.5 Å². The molecular formula is C13H17N5O3. The third kappa shape index (κ3) is 2.07. The van der Waals surface area contributed by atoms with Crippen LogP contribution in [0.2, 0.25) is 0 Å². The zero-order valence-electron chi connectivity index (χ0n) is 11.9. The number of imide groups is 1. The fourth-order valence-electron chi connectivity index (χ4n) is 2.92. The van der Waals surface area contributed by atoms with E-state index >= 15 is 0 Å². The lowest BCUT2D eigenvalue weighted by Gasteiger charge is -2.46. The molecule has 2 aliphatic rings. The number of carbonyl (C=O) groups is 3. The number of rotatable bonds is 2. The monoisotopic (exact) mass is 291 g/mol. The number of hydrogen-bond acceptors (Lipinski definition) is 4. The molecular weight excluding hydrogens is 274 g/mol. The average molecular weight is 291 g/mol. The van der Waals surface area contributed by atoms with Crippen molar-refractivity contribution in [2.24, 2.45) is 0 Å². The maximum atomic E-state index is 12.8. The molecule has 8 nitrogen and oxygen atoms in total. The van der Waals surface area contributed by atoms with Crippen molar-refractivity contribution in [2.75, 3.05) is 11.6 Å². The van der Waals surface area contributed by atoms with E-state index in [1.54, 1.807) is 22.1 Å². The second-order valence-corrected chi connectivity index (χ2v) is 5.29. The van der Waals surface area contributed by atoms with Crippen molar-refractivity contribution in [3.63, 3.8) is 0 Å². The summed E-state index contributed by atoms with van der Waals surface area (Å²) in [6.45, 7) is 4.18. The Morgan fingerprint density at radius 1 is 1.38 bits per heavy atom. The Hall–Kier alpha value is -2.38. The van der Waals surface area contributed by atoms with Crippen LogP contribution in [-0.4, -0.2) is 51.0 Å². The van der Waals surface area contributed by atoms with Crippen LogP contribution in [-0.2, 0) is 9.59 Å². The molecule has 4 amide bonds. The summed E-state index contributed by atoms with van der Waals surface area (Å²) in [5, 5.41) is 3.88. The maximum Gasteiger partial charge on any atom is 0.324 e. The smallest absolute Gasteiger partial charge is 0.310 e. The molecule has 3 heterocycles. The van der Waals surface area contributed by atoms with Gasteiger partial charge in [0.15, 0.2) is 0 Å². The zero-order valence-corrected chi connectivity index (χ0v) is 11.9. The van der Waals surface area contributed by atoms with Gasteiger partial charge in [0.1, 0.15) is 11.9 Å². The van der Waals surface area contributed by atoms with Crippen LogP contribution in [0.1, 0.15) is 25.6 Å². The number of amides is 4. The van der Waals surface area contributed by atoms with E-state index in [1.807, 2.05) is 13.8 Å². The normalized spacial score (nSPS) is 25.9. The minimum atomic E-state index is -0.726. The van der Waals surface area contributed by atoms with Gasteiger partial charge in [-0.25, -0.2) is 19.5 Å². The van der Waals surface area contributed by atoms with Gasteiger partial charge in [-0.15, -0.1) is 0 Å². The number of aryl methyl sites for hydroxylation is 1. The first kappa shape index (κ1) is 13.6. The largest absolute Gasteiger partial charge is 0.324 e. The van der Waals surface area contributed by atoms with Crippen molar-refractivity contribution >= 4 is 17.8 Å². The summed E-state index contributed by atoms with van der Waals surface area (Å²) in [4.78, 5) is 41.8. The Balaban J connectivity index is 1.98. The van der Waals surface area contributed by atoms with Gasteiger partial charge in [-0.1, -0.05) is 6.92 Å². The lowest BCUT2D eigenvalue weighted by Crippen LogP contribution is -2.70. The summed E-state index contributed by atoms with van der Waals surface area (Å²) in [5.74, 6) is 0.0473. The zero-order chi connectivity index (χ0) is 15.1. The summed E-state index contributed by atoms with van der Waals surface area (Å²) in [6, 6.07) is -1.35. The van der Waals surface area contributed by atoms with Gasteiger partial charge in [-0.3, -0.25) is 14.9 Å². The van der Waals surface area contributed by atoms with Gasteiger partial charge in [0.2, 0.25) is 5.91 Å². The molecule has 21 heavy (non-hydrogen) atoms. The highest BCUT2D eigenvalue weighted by Crippen LogP contribution is 2.23. The Morgan fingerprint density at radius 2 is 2.14 bits per heavy atom. The van der Waals surface area contributed by atoms with Crippen LogP contribution in [0.3, 0.4) is 0 Å². The van der Waals surface area contributed by atoms with Crippen LogP contribution in [0.15, 0.2) is 12.4 Å². The highest BCUT2D eigenvalue weighted by atomic mass is 16.2. The van der Waals surface area contributed by atoms with Crippen LogP contribution in [0.4, 0.5) is 4.79 Å². The molecule has 112 valence electrons. The minimum absolute atomic E-state index is 0.00521. The molecule has 0 saturated carbocycles. The highest BCUT2D eigenvalue weighted by molar-refractivity contribution is 6.05. The Morgan fingerprint density at radius 3 is 2.76 bits per heavy atom. The number of aromatic nitrogens is 2. The fourth-order valence-corrected chi connectivity index (χ4v) is 2.92. The summed E-state index contributed by atoms with van der Waals surface area (Å²) in [7, 11) is 0. The van der Waals surface area contributed by atoms with Crippen molar-refractivity contribution in [3.05, 3.63) is 18.2 Å². The van der Waals surface area contributed by atoms with E-state index in [-0.39, 0.29) is 18.4 Å². The molecule has 1 aromatic heterocycles. The number of urea groups is 1. The van der Waals surface area contributed by atoms with Crippen LogP contribution >= 0.6 is 0 Å².